The Morgan fingerprint density at radius 3 is 2.67 bits per heavy atom. The van der Waals surface area contributed by atoms with E-state index in [2.05, 4.69) is 38.6 Å². The van der Waals surface area contributed by atoms with Crippen molar-refractivity contribution < 1.29 is 0 Å². The summed E-state index contributed by atoms with van der Waals surface area (Å²) in [5, 5.41) is 1.20. The van der Waals surface area contributed by atoms with Crippen LogP contribution >= 0.6 is 0 Å². The fourth-order valence-electron chi connectivity index (χ4n) is 2.22. The maximum Gasteiger partial charge on any atom is 0.0741 e. The molecule has 0 amide bonds. The number of aryl methyl sites for hydroxylation is 2. The van der Waals surface area contributed by atoms with Gasteiger partial charge >= 0.3 is 0 Å². The molecule has 0 aliphatic carbocycles. The van der Waals surface area contributed by atoms with Crippen LogP contribution in [0.5, 0.6) is 0 Å². The predicted molar refractivity (Wildman–Crippen MR) is 79.7 cm³/mol. The molecule has 1 aromatic heterocycles. The summed E-state index contributed by atoms with van der Waals surface area (Å²) < 4.78 is 0. The summed E-state index contributed by atoms with van der Waals surface area (Å²) in [4.78, 5) is 4.75. The minimum absolute atomic E-state index is 0.956. The van der Waals surface area contributed by atoms with Crippen molar-refractivity contribution >= 4 is 16.5 Å². The molecule has 0 radical (unpaired) electrons. The van der Waals surface area contributed by atoms with Crippen molar-refractivity contribution in [3.05, 3.63) is 59.8 Å². The van der Waals surface area contributed by atoms with Gasteiger partial charge in [-0.2, -0.15) is 0 Å². The summed E-state index contributed by atoms with van der Waals surface area (Å²) in [5.41, 5.74) is 5.66. The molecule has 0 aliphatic rings. The van der Waals surface area contributed by atoms with Crippen LogP contribution in [0.3, 0.4) is 0 Å². The molecule has 0 unspecified atom stereocenters. The van der Waals surface area contributed by atoms with Crippen molar-refractivity contribution in [3.63, 3.8) is 0 Å². The molecule has 0 spiro atoms. The molecular formula is C17H19N. The Morgan fingerprint density at radius 1 is 1.28 bits per heavy atom. The van der Waals surface area contributed by atoms with Gasteiger partial charge in [0.2, 0.25) is 0 Å². The van der Waals surface area contributed by atoms with Crippen molar-refractivity contribution in [2.45, 2.75) is 27.2 Å². The van der Waals surface area contributed by atoms with Gasteiger partial charge < -0.3 is 0 Å². The van der Waals surface area contributed by atoms with Crippen LogP contribution in [-0.2, 0) is 6.42 Å². The quantitative estimate of drug-likeness (QED) is 0.705. The Morgan fingerprint density at radius 2 is 2.00 bits per heavy atom. The highest BCUT2D eigenvalue weighted by atomic mass is 14.7. The Balaban J connectivity index is 2.62. The van der Waals surface area contributed by atoms with E-state index in [0.29, 0.717) is 0 Å². The molecule has 0 N–H and O–H groups in total. The number of nitrogens with zero attached hydrogens (tertiary/aromatic N) is 1. The maximum absolute atomic E-state index is 4.75. The highest BCUT2D eigenvalue weighted by molar-refractivity contribution is 5.85. The number of hydrogen-bond donors (Lipinski definition) is 0. The molecule has 2 rings (SSSR count). The molecule has 0 aliphatic heterocycles. The molecule has 1 heterocycles. The smallest absolute Gasteiger partial charge is 0.0741 e. The van der Waals surface area contributed by atoms with Crippen LogP contribution in [0, 0.1) is 6.92 Å². The van der Waals surface area contributed by atoms with Gasteiger partial charge in [-0.05, 0) is 43.0 Å². The molecule has 1 heteroatoms. The second kappa shape index (κ2) is 5.18. The van der Waals surface area contributed by atoms with E-state index < -0.39 is 0 Å². The number of benzene rings is 1. The lowest BCUT2D eigenvalue weighted by molar-refractivity contribution is 1.11. The Kier molecular flexibility index (Phi) is 3.61. The summed E-state index contributed by atoms with van der Waals surface area (Å²) in [7, 11) is 0. The van der Waals surface area contributed by atoms with E-state index in [-0.39, 0.29) is 0 Å². The lowest BCUT2D eigenvalue weighted by atomic mass is 10.0. The number of aromatic nitrogens is 1. The second-order valence-electron chi connectivity index (χ2n) is 4.50. The fraction of sp³-hybridized carbons (Fsp3) is 0.235. The normalized spacial score (nSPS) is 11.3. The van der Waals surface area contributed by atoms with Crippen molar-refractivity contribution in [3.8, 4) is 0 Å². The van der Waals surface area contributed by atoms with Crippen molar-refractivity contribution in [1.82, 2.24) is 4.98 Å². The third-order valence-electron chi connectivity index (χ3n) is 3.31. The molecule has 92 valence electrons. The highest BCUT2D eigenvalue weighted by Gasteiger charge is 2.05. The van der Waals surface area contributed by atoms with Gasteiger partial charge in [-0.3, -0.25) is 0 Å². The third-order valence-corrected chi connectivity index (χ3v) is 3.31. The van der Waals surface area contributed by atoms with Gasteiger partial charge in [0.25, 0.3) is 0 Å². The van der Waals surface area contributed by atoms with E-state index >= 15 is 0 Å². The molecule has 18 heavy (non-hydrogen) atoms. The summed E-state index contributed by atoms with van der Waals surface area (Å²) in [6.45, 7) is 10.4. The Bertz CT molecular complexity index is 621. The monoisotopic (exact) mass is 237 g/mol. The Hall–Kier alpha value is -1.89. The summed E-state index contributed by atoms with van der Waals surface area (Å²) in [6, 6.07) is 8.50. The molecule has 0 bridgehead atoms. The van der Waals surface area contributed by atoms with Gasteiger partial charge in [-0.1, -0.05) is 43.9 Å². The molecular weight excluding hydrogens is 218 g/mol. The van der Waals surface area contributed by atoms with Gasteiger partial charge in [-0.15, -0.1) is 0 Å². The van der Waals surface area contributed by atoms with Gasteiger partial charge in [0, 0.05) is 5.39 Å². The first kappa shape index (κ1) is 12.6. The van der Waals surface area contributed by atoms with Crippen molar-refractivity contribution in [1.29, 1.82) is 0 Å². The third kappa shape index (κ3) is 2.21. The first-order chi connectivity index (χ1) is 8.67. The van der Waals surface area contributed by atoms with E-state index in [1.165, 1.54) is 16.5 Å². The van der Waals surface area contributed by atoms with E-state index in [9.17, 15) is 0 Å². The van der Waals surface area contributed by atoms with Crippen LogP contribution in [0.25, 0.3) is 16.5 Å². The molecule has 0 saturated carbocycles. The van der Waals surface area contributed by atoms with E-state index in [1.54, 1.807) is 0 Å². The number of allylic oxidation sites excluding steroid dienone is 3. The first-order valence-electron chi connectivity index (χ1n) is 6.38. The van der Waals surface area contributed by atoms with Gasteiger partial charge in [0.15, 0.2) is 0 Å². The number of rotatable bonds is 3. The summed E-state index contributed by atoms with van der Waals surface area (Å²) in [5.74, 6) is 0. The molecule has 1 nitrogen and oxygen atoms in total. The van der Waals surface area contributed by atoms with Crippen LogP contribution in [0.2, 0.25) is 0 Å². The van der Waals surface area contributed by atoms with Crippen molar-refractivity contribution in [2.24, 2.45) is 0 Å². The van der Waals surface area contributed by atoms with E-state index in [4.69, 9.17) is 4.98 Å². The molecule has 0 fully saturated rings. The lowest BCUT2D eigenvalue weighted by Gasteiger charge is -2.09. The van der Waals surface area contributed by atoms with E-state index in [0.717, 1.165) is 23.2 Å². The zero-order valence-corrected chi connectivity index (χ0v) is 11.3. The molecule has 0 atom stereocenters. The fourth-order valence-corrected chi connectivity index (χ4v) is 2.22. The molecule has 2 aromatic rings. The zero-order valence-electron chi connectivity index (χ0n) is 11.3. The first-order valence-corrected chi connectivity index (χ1v) is 6.38. The van der Waals surface area contributed by atoms with Gasteiger partial charge in [0.05, 0.1) is 11.2 Å². The minimum atomic E-state index is 0.956. The largest absolute Gasteiger partial charge is 0.248 e. The van der Waals surface area contributed by atoms with Crippen LogP contribution in [0.15, 0.2) is 43.0 Å². The lowest BCUT2D eigenvalue weighted by Crippen LogP contribution is -1.93. The number of fused-ring (bicyclic) bond motifs is 1. The number of pyridine rings is 1. The SMILES string of the molecule is C=C(/C=C\C)c1ccc2ccc(CC)c(C)c2n1. The molecule has 1 aromatic carbocycles. The van der Waals surface area contributed by atoms with Crippen molar-refractivity contribution in [2.75, 3.05) is 0 Å². The van der Waals surface area contributed by atoms with Crippen LogP contribution in [0.4, 0.5) is 0 Å². The van der Waals surface area contributed by atoms with Crippen LogP contribution in [0.1, 0.15) is 30.7 Å². The minimum Gasteiger partial charge on any atom is -0.248 e. The average Bonchev–Trinajstić information content (AvgIpc) is 2.39. The Labute approximate surface area is 109 Å². The van der Waals surface area contributed by atoms with Gasteiger partial charge in [0.1, 0.15) is 0 Å². The predicted octanol–water partition coefficient (Wildman–Crippen LogP) is 4.69. The van der Waals surface area contributed by atoms with Crippen LogP contribution in [-0.4, -0.2) is 4.98 Å². The summed E-state index contributed by atoms with van der Waals surface area (Å²) >= 11 is 0. The zero-order chi connectivity index (χ0) is 13.1. The average molecular weight is 237 g/mol. The number of hydrogen-bond acceptors (Lipinski definition) is 1. The van der Waals surface area contributed by atoms with Crippen LogP contribution < -0.4 is 0 Å². The maximum atomic E-state index is 4.75. The van der Waals surface area contributed by atoms with E-state index in [1.807, 2.05) is 25.1 Å². The second-order valence-corrected chi connectivity index (χ2v) is 4.50. The molecule has 0 saturated heterocycles. The standard InChI is InChI=1S/C17H19N/c1-5-7-12(3)16-11-10-15-9-8-14(6-2)13(4)17(15)18-16/h5,7-11H,3,6H2,1-2,4H3/b7-5-. The summed E-state index contributed by atoms with van der Waals surface area (Å²) in [6.07, 6.45) is 5.03. The van der Waals surface area contributed by atoms with Gasteiger partial charge in [-0.25, -0.2) is 4.98 Å². The highest BCUT2D eigenvalue weighted by Crippen LogP contribution is 2.23. The topological polar surface area (TPSA) is 12.9 Å².